The van der Waals surface area contributed by atoms with Crippen LogP contribution in [0.4, 0.5) is 5.69 Å². The van der Waals surface area contributed by atoms with E-state index in [9.17, 15) is 0 Å². The van der Waals surface area contributed by atoms with Crippen LogP contribution < -0.4 is 19.9 Å². The fourth-order valence-corrected chi connectivity index (χ4v) is 1.77. The van der Waals surface area contributed by atoms with Gasteiger partial charge in [-0.05, 0) is 18.6 Å². The second kappa shape index (κ2) is 5.52. The number of rotatable bonds is 4. The largest absolute Gasteiger partial charge is 0.496 e. The lowest BCUT2D eigenvalue weighted by Crippen LogP contribution is -1.95. The predicted octanol–water partition coefficient (Wildman–Crippen LogP) is 3.39. The summed E-state index contributed by atoms with van der Waals surface area (Å²) >= 11 is 0. The van der Waals surface area contributed by atoms with E-state index in [0.29, 0.717) is 28.7 Å². The number of aryl methyl sites for hydroxylation is 1. The monoisotopic (exact) mass is 259 g/mol. The molecular weight excluding hydrogens is 242 g/mol. The van der Waals surface area contributed by atoms with Gasteiger partial charge in [-0.3, -0.25) is 0 Å². The van der Waals surface area contributed by atoms with Crippen molar-refractivity contribution in [2.45, 2.75) is 6.92 Å². The molecule has 2 aromatic rings. The minimum Gasteiger partial charge on any atom is -0.496 e. The normalized spacial score (nSPS) is 10.1. The molecule has 0 aliphatic carbocycles. The Kier molecular flexibility index (Phi) is 3.80. The van der Waals surface area contributed by atoms with Gasteiger partial charge < -0.3 is 19.9 Å². The van der Waals surface area contributed by atoms with Crippen LogP contribution in [0.25, 0.3) is 0 Å². The summed E-state index contributed by atoms with van der Waals surface area (Å²) in [5.74, 6) is 2.61. The lowest BCUT2D eigenvalue weighted by atomic mass is 10.2. The Morgan fingerprint density at radius 1 is 0.895 bits per heavy atom. The number of anilines is 1. The SMILES string of the molecule is COc1cc(OC)cc(Oc2c(C)cccc2N)c1. The molecule has 0 heterocycles. The Bertz CT molecular complexity index is 539. The Morgan fingerprint density at radius 2 is 1.47 bits per heavy atom. The van der Waals surface area contributed by atoms with Gasteiger partial charge in [0.2, 0.25) is 0 Å². The van der Waals surface area contributed by atoms with Gasteiger partial charge >= 0.3 is 0 Å². The molecule has 0 aliphatic heterocycles. The van der Waals surface area contributed by atoms with Crippen molar-refractivity contribution in [2.24, 2.45) is 0 Å². The van der Waals surface area contributed by atoms with Crippen molar-refractivity contribution in [2.75, 3.05) is 20.0 Å². The Hall–Kier alpha value is -2.36. The summed E-state index contributed by atoms with van der Waals surface area (Å²) in [4.78, 5) is 0. The topological polar surface area (TPSA) is 53.7 Å². The van der Waals surface area contributed by atoms with Crippen LogP contribution in [0.15, 0.2) is 36.4 Å². The second-order valence-corrected chi connectivity index (χ2v) is 4.14. The highest BCUT2D eigenvalue weighted by molar-refractivity contribution is 5.58. The Morgan fingerprint density at radius 3 is 2.00 bits per heavy atom. The van der Waals surface area contributed by atoms with Crippen molar-refractivity contribution in [1.82, 2.24) is 0 Å². The number of benzene rings is 2. The van der Waals surface area contributed by atoms with Gasteiger partial charge in [0.1, 0.15) is 17.2 Å². The second-order valence-electron chi connectivity index (χ2n) is 4.14. The van der Waals surface area contributed by atoms with E-state index in [1.165, 1.54) is 0 Å². The molecule has 0 aromatic heterocycles. The highest BCUT2D eigenvalue weighted by Gasteiger charge is 2.08. The average Bonchev–Trinajstić information content (AvgIpc) is 2.42. The summed E-state index contributed by atoms with van der Waals surface area (Å²) in [6.07, 6.45) is 0. The summed E-state index contributed by atoms with van der Waals surface area (Å²) in [5.41, 5.74) is 7.50. The van der Waals surface area contributed by atoms with Crippen LogP contribution in [-0.2, 0) is 0 Å². The first-order chi connectivity index (χ1) is 9.13. The van der Waals surface area contributed by atoms with Crippen LogP contribution in [0, 0.1) is 6.92 Å². The maximum absolute atomic E-state index is 5.92. The fourth-order valence-electron chi connectivity index (χ4n) is 1.77. The highest BCUT2D eigenvalue weighted by atomic mass is 16.5. The minimum atomic E-state index is 0.599. The third-order valence-corrected chi connectivity index (χ3v) is 2.79. The quantitative estimate of drug-likeness (QED) is 0.855. The molecule has 0 amide bonds. The molecule has 100 valence electrons. The molecule has 0 radical (unpaired) electrons. The summed E-state index contributed by atoms with van der Waals surface area (Å²) in [6, 6.07) is 11.0. The van der Waals surface area contributed by atoms with Gasteiger partial charge in [-0.1, -0.05) is 12.1 Å². The predicted molar refractivity (Wildman–Crippen MR) is 75.2 cm³/mol. The average molecular weight is 259 g/mol. The third kappa shape index (κ3) is 2.91. The molecule has 0 atom stereocenters. The lowest BCUT2D eigenvalue weighted by molar-refractivity contribution is 0.386. The van der Waals surface area contributed by atoms with Gasteiger partial charge in [-0.25, -0.2) is 0 Å². The summed E-state index contributed by atoms with van der Waals surface area (Å²) in [7, 11) is 3.20. The highest BCUT2D eigenvalue weighted by Crippen LogP contribution is 2.34. The molecule has 4 heteroatoms. The zero-order valence-corrected chi connectivity index (χ0v) is 11.3. The van der Waals surface area contributed by atoms with E-state index in [0.717, 1.165) is 5.56 Å². The van der Waals surface area contributed by atoms with Crippen LogP contribution in [0.3, 0.4) is 0 Å². The van der Waals surface area contributed by atoms with Crippen LogP contribution >= 0.6 is 0 Å². The van der Waals surface area contributed by atoms with E-state index >= 15 is 0 Å². The zero-order valence-electron chi connectivity index (χ0n) is 11.3. The van der Waals surface area contributed by atoms with E-state index in [-0.39, 0.29) is 0 Å². The van der Waals surface area contributed by atoms with E-state index in [2.05, 4.69) is 0 Å². The smallest absolute Gasteiger partial charge is 0.153 e. The fraction of sp³-hybridized carbons (Fsp3) is 0.200. The van der Waals surface area contributed by atoms with E-state index in [1.807, 2.05) is 19.1 Å². The molecule has 0 spiro atoms. The Balaban J connectivity index is 2.37. The van der Waals surface area contributed by atoms with Gasteiger partial charge in [-0.2, -0.15) is 0 Å². The molecule has 0 saturated carbocycles. The summed E-state index contributed by atoms with van der Waals surface area (Å²) in [6.45, 7) is 1.95. The minimum absolute atomic E-state index is 0.599. The van der Waals surface area contributed by atoms with Crippen LogP contribution in [-0.4, -0.2) is 14.2 Å². The van der Waals surface area contributed by atoms with Crippen molar-refractivity contribution in [1.29, 1.82) is 0 Å². The first-order valence-electron chi connectivity index (χ1n) is 5.90. The molecule has 19 heavy (non-hydrogen) atoms. The summed E-state index contributed by atoms with van der Waals surface area (Å²) in [5, 5.41) is 0. The molecule has 0 unspecified atom stereocenters. The van der Waals surface area contributed by atoms with Crippen molar-refractivity contribution in [3.8, 4) is 23.0 Å². The Labute approximate surface area is 112 Å². The van der Waals surface area contributed by atoms with Gasteiger partial charge in [0.05, 0.1) is 19.9 Å². The summed E-state index contributed by atoms with van der Waals surface area (Å²) < 4.78 is 16.2. The standard InChI is InChI=1S/C15H17NO3/c1-10-5-4-6-14(16)15(10)19-13-8-11(17-2)7-12(9-13)18-3/h4-9H,16H2,1-3H3. The van der Waals surface area contributed by atoms with Crippen molar-refractivity contribution < 1.29 is 14.2 Å². The number of ether oxygens (including phenoxy) is 3. The molecule has 2 aromatic carbocycles. The first-order valence-corrected chi connectivity index (χ1v) is 5.90. The molecule has 2 rings (SSSR count). The van der Waals surface area contributed by atoms with Crippen molar-refractivity contribution in [3.05, 3.63) is 42.0 Å². The molecule has 2 N–H and O–H groups in total. The molecule has 4 nitrogen and oxygen atoms in total. The van der Waals surface area contributed by atoms with Gasteiger partial charge in [-0.15, -0.1) is 0 Å². The maximum Gasteiger partial charge on any atom is 0.153 e. The zero-order chi connectivity index (χ0) is 13.8. The van der Waals surface area contributed by atoms with E-state index in [1.54, 1.807) is 38.5 Å². The lowest BCUT2D eigenvalue weighted by Gasteiger charge is -2.13. The van der Waals surface area contributed by atoms with Crippen molar-refractivity contribution in [3.63, 3.8) is 0 Å². The molecular formula is C15H17NO3. The molecule has 0 saturated heterocycles. The number of nitrogens with two attached hydrogens (primary N) is 1. The third-order valence-electron chi connectivity index (χ3n) is 2.79. The van der Waals surface area contributed by atoms with Crippen LogP contribution in [0.5, 0.6) is 23.0 Å². The van der Waals surface area contributed by atoms with Gasteiger partial charge in [0.25, 0.3) is 0 Å². The van der Waals surface area contributed by atoms with Gasteiger partial charge in [0, 0.05) is 18.2 Å². The number of nitrogen functional groups attached to an aromatic ring is 1. The number of hydrogen-bond donors (Lipinski definition) is 1. The first kappa shape index (κ1) is 13.1. The van der Waals surface area contributed by atoms with Crippen LogP contribution in [0.1, 0.15) is 5.56 Å². The number of para-hydroxylation sites is 1. The number of methoxy groups -OCH3 is 2. The molecule has 0 fully saturated rings. The van der Waals surface area contributed by atoms with E-state index < -0.39 is 0 Å². The van der Waals surface area contributed by atoms with Crippen molar-refractivity contribution >= 4 is 5.69 Å². The van der Waals surface area contributed by atoms with Crippen LogP contribution in [0.2, 0.25) is 0 Å². The van der Waals surface area contributed by atoms with Gasteiger partial charge in [0.15, 0.2) is 5.75 Å². The number of hydrogen-bond acceptors (Lipinski definition) is 4. The molecule has 0 aliphatic rings. The van der Waals surface area contributed by atoms with E-state index in [4.69, 9.17) is 19.9 Å². The molecule has 0 bridgehead atoms. The maximum atomic E-state index is 5.92.